The second-order valence-corrected chi connectivity index (χ2v) is 6.18. The quantitative estimate of drug-likeness (QED) is 0.920. The first kappa shape index (κ1) is 16.5. The molecule has 4 nitrogen and oxygen atoms in total. The molecule has 1 amide bonds. The number of hydrogen-bond acceptors (Lipinski definition) is 3. The van der Waals surface area contributed by atoms with Crippen LogP contribution >= 0.6 is 0 Å². The van der Waals surface area contributed by atoms with Gasteiger partial charge in [-0.3, -0.25) is 4.79 Å². The molecular formula is C20H24N2O2. The van der Waals surface area contributed by atoms with E-state index in [9.17, 15) is 4.79 Å². The number of hydrogen-bond donors (Lipinski definition) is 1. The zero-order valence-corrected chi connectivity index (χ0v) is 14.0. The van der Waals surface area contributed by atoms with E-state index in [0.29, 0.717) is 37.1 Å². The van der Waals surface area contributed by atoms with Gasteiger partial charge in [0, 0.05) is 24.6 Å². The number of benzene rings is 2. The Morgan fingerprint density at radius 2 is 1.83 bits per heavy atom. The summed E-state index contributed by atoms with van der Waals surface area (Å²) in [5.74, 6) is 1.47. The molecule has 0 saturated carbocycles. The van der Waals surface area contributed by atoms with Gasteiger partial charge in [-0.2, -0.15) is 0 Å². The number of ether oxygens (including phenoxy) is 1. The van der Waals surface area contributed by atoms with E-state index in [0.717, 1.165) is 12.3 Å². The van der Waals surface area contributed by atoms with Gasteiger partial charge in [-0.15, -0.1) is 0 Å². The van der Waals surface area contributed by atoms with Crippen molar-refractivity contribution in [3.63, 3.8) is 0 Å². The fourth-order valence-electron chi connectivity index (χ4n) is 3.40. The summed E-state index contributed by atoms with van der Waals surface area (Å²) in [5, 5.41) is 0. The summed E-state index contributed by atoms with van der Waals surface area (Å²) in [6.45, 7) is 4.59. The fourth-order valence-corrected chi connectivity index (χ4v) is 3.40. The number of amides is 1. The highest BCUT2D eigenvalue weighted by Crippen LogP contribution is 2.32. The minimum Gasteiger partial charge on any atom is -0.494 e. The maximum atomic E-state index is 12.8. The van der Waals surface area contributed by atoms with Crippen LogP contribution in [0, 0.1) is 5.92 Å². The molecule has 3 rings (SSSR count). The summed E-state index contributed by atoms with van der Waals surface area (Å²) < 4.78 is 5.43. The van der Waals surface area contributed by atoms with Crippen molar-refractivity contribution in [1.29, 1.82) is 0 Å². The van der Waals surface area contributed by atoms with Crippen LogP contribution in [0.4, 0.5) is 0 Å². The number of carbonyl (C=O) groups excluding carboxylic acids is 1. The first-order valence-corrected chi connectivity index (χ1v) is 8.50. The van der Waals surface area contributed by atoms with Crippen molar-refractivity contribution < 1.29 is 9.53 Å². The van der Waals surface area contributed by atoms with Gasteiger partial charge in [0.25, 0.3) is 5.91 Å². The Bertz CT molecular complexity index is 670. The van der Waals surface area contributed by atoms with Crippen LogP contribution in [-0.4, -0.2) is 37.0 Å². The third-order valence-electron chi connectivity index (χ3n) is 4.67. The van der Waals surface area contributed by atoms with Crippen molar-refractivity contribution >= 4 is 5.91 Å². The maximum Gasteiger partial charge on any atom is 0.253 e. The maximum absolute atomic E-state index is 12.8. The molecule has 0 spiro atoms. The summed E-state index contributed by atoms with van der Waals surface area (Å²) in [5.41, 5.74) is 7.92. The van der Waals surface area contributed by atoms with Crippen LogP contribution in [0.3, 0.4) is 0 Å². The molecule has 1 saturated heterocycles. The van der Waals surface area contributed by atoms with Crippen LogP contribution < -0.4 is 10.5 Å². The normalized spacial score (nSPS) is 20.2. The third-order valence-corrected chi connectivity index (χ3v) is 4.67. The molecule has 0 bridgehead atoms. The Morgan fingerprint density at radius 3 is 2.46 bits per heavy atom. The van der Waals surface area contributed by atoms with Crippen LogP contribution in [0.25, 0.3) is 0 Å². The number of nitrogens with two attached hydrogens (primary N) is 1. The SMILES string of the molecule is CCOc1ccc(C(=O)N2C[C@@H](CN)[C@H](c3ccccc3)C2)cc1. The molecule has 126 valence electrons. The number of carbonyl (C=O) groups is 1. The van der Waals surface area contributed by atoms with Gasteiger partial charge >= 0.3 is 0 Å². The molecule has 4 heteroatoms. The Kier molecular flexibility index (Phi) is 5.16. The average Bonchev–Trinajstić information content (AvgIpc) is 3.07. The molecule has 24 heavy (non-hydrogen) atoms. The van der Waals surface area contributed by atoms with Crippen molar-refractivity contribution in [3.05, 3.63) is 65.7 Å². The highest BCUT2D eigenvalue weighted by atomic mass is 16.5. The van der Waals surface area contributed by atoms with Crippen LogP contribution in [-0.2, 0) is 0 Å². The number of nitrogens with zero attached hydrogens (tertiary/aromatic N) is 1. The Hall–Kier alpha value is -2.33. The molecule has 2 aromatic rings. The van der Waals surface area contributed by atoms with Crippen LogP contribution in [0.15, 0.2) is 54.6 Å². The van der Waals surface area contributed by atoms with E-state index in [4.69, 9.17) is 10.5 Å². The summed E-state index contributed by atoms with van der Waals surface area (Å²) in [4.78, 5) is 14.7. The van der Waals surface area contributed by atoms with E-state index < -0.39 is 0 Å². The number of rotatable bonds is 5. The molecule has 2 atom stereocenters. The highest BCUT2D eigenvalue weighted by Gasteiger charge is 2.35. The van der Waals surface area contributed by atoms with Gasteiger partial charge in [-0.25, -0.2) is 0 Å². The van der Waals surface area contributed by atoms with Gasteiger partial charge in [-0.05, 0) is 49.2 Å². The zero-order valence-electron chi connectivity index (χ0n) is 14.0. The Labute approximate surface area is 143 Å². The molecule has 2 aromatic carbocycles. The molecule has 0 aromatic heterocycles. The van der Waals surface area contributed by atoms with Gasteiger partial charge in [0.05, 0.1) is 6.61 Å². The molecule has 1 fully saturated rings. The van der Waals surface area contributed by atoms with E-state index in [2.05, 4.69) is 12.1 Å². The van der Waals surface area contributed by atoms with Crippen molar-refractivity contribution in [1.82, 2.24) is 4.90 Å². The minimum atomic E-state index is 0.0647. The minimum absolute atomic E-state index is 0.0647. The summed E-state index contributed by atoms with van der Waals surface area (Å²) in [7, 11) is 0. The molecule has 0 aliphatic carbocycles. The lowest BCUT2D eigenvalue weighted by Crippen LogP contribution is -2.29. The van der Waals surface area contributed by atoms with Crippen LogP contribution in [0.5, 0.6) is 5.75 Å². The van der Waals surface area contributed by atoms with Gasteiger partial charge in [0.1, 0.15) is 5.75 Å². The first-order chi connectivity index (χ1) is 11.7. The molecule has 1 heterocycles. The molecular weight excluding hydrogens is 300 g/mol. The average molecular weight is 324 g/mol. The van der Waals surface area contributed by atoms with E-state index >= 15 is 0 Å². The molecule has 2 N–H and O–H groups in total. The fraction of sp³-hybridized carbons (Fsp3) is 0.350. The Balaban J connectivity index is 1.74. The standard InChI is InChI=1S/C20H24N2O2/c1-2-24-18-10-8-16(9-11-18)20(23)22-13-17(12-21)19(14-22)15-6-4-3-5-7-15/h3-11,17,19H,2,12-14,21H2,1H3/t17-,19+/m1/s1. The predicted octanol–water partition coefficient (Wildman–Crippen LogP) is 2.90. The van der Waals surface area contributed by atoms with Gasteiger partial charge < -0.3 is 15.4 Å². The third kappa shape index (κ3) is 3.44. The molecule has 0 radical (unpaired) electrons. The summed E-state index contributed by atoms with van der Waals surface area (Å²) in [6, 6.07) is 17.7. The van der Waals surface area contributed by atoms with Crippen molar-refractivity contribution in [2.75, 3.05) is 26.2 Å². The second kappa shape index (κ2) is 7.49. The smallest absolute Gasteiger partial charge is 0.253 e. The van der Waals surface area contributed by atoms with E-state index in [-0.39, 0.29) is 5.91 Å². The Morgan fingerprint density at radius 1 is 1.12 bits per heavy atom. The summed E-state index contributed by atoms with van der Waals surface area (Å²) >= 11 is 0. The lowest BCUT2D eigenvalue weighted by atomic mass is 9.89. The van der Waals surface area contributed by atoms with Gasteiger partial charge in [0.15, 0.2) is 0 Å². The highest BCUT2D eigenvalue weighted by molar-refractivity contribution is 5.94. The van der Waals surface area contributed by atoms with Gasteiger partial charge in [-0.1, -0.05) is 30.3 Å². The van der Waals surface area contributed by atoms with Crippen LogP contribution in [0.2, 0.25) is 0 Å². The lowest BCUT2D eigenvalue weighted by molar-refractivity contribution is 0.0786. The van der Waals surface area contributed by atoms with Crippen molar-refractivity contribution in [2.24, 2.45) is 11.7 Å². The first-order valence-electron chi connectivity index (χ1n) is 8.50. The van der Waals surface area contributed by atoms with Gasteiger partial charge in [0.2, 0.25) is 0 Å². The molecule has 1 aliphatic heterocycles. The predicted molar refractivity (Wildman–Crippen MR) is 95.2 cm³/mol. The zero-order chi connectivity index (χ0) is 16.9. The molecule has 0 unspecified atom stereocenters. The second-order valence-electron chi connectivity index (χ2n) is 6.18. The van der Waals surface area contributed by atoms with E-state index in [1.54, 1.807) is 0 Å². The van der Waals surface area contributed by atoms with Crippen LogP contribution in [0.1, 0.15) is 28.8 Å². The topological polar surface area (TPSA) is 55.6 Å². The molecule has 1 aliphatic rings. The monoisotopic (exact) mass is 324 g/mol. The lowest BCUT2D eigenvalue weighted by Gasteiger charge is -2.17. The van der Waals surface area contributed by atoms with Crippen molar-refractivity contribution in [3.8, 4) is 5.75 Å². The van der Waals surface area contributed by atoms with Crippen molar-refractivity contribution in [2.45, 2.75) is 12.8 Å². The largest absolute Gasteiger partial charge is 0.494 e. The summed E-state index contributed by atoms with van der Waals surface area (Å²) in [6.07, 6.45) is 0. The number of likely N-dealkylation sites (tertiary alicyclic amines) is 1. The van der Waals surface area contributed by atoms with E-state index in [1.165, 1.54) is 5.56 Å². The van der Waals surface area contributed by atoms with E-state index in [1.807, 2.05) is 54.3 Å².